The normalized spacial score (nSPS) is 17.0. The van der Waals surface area contributed by atoms with Gasteiger partial charge in [-0.3, -0.25) is 0 Å². The summed E-state index contributed by atoms with van der Waals surface area (Å²) < 4.78 is 11.7. The monoisotopic (exact) mass is 256 g/mol. The Morgan fingerprint density at radius 1 is 1.05 bits per heavy atom. The second-order valence-electron chi connectivity index (χ2n) is 4.50. The lowest BCUT2D eigenvalue weighted by molar-refractivity contribution is 0.0498. The van der Waals surface area contributed by atoms with Crippen molar-refractivity contribution in [3.8, 4) is 5.75 Å². The van der Waals surface area contributed by atoms with Crippen molar-refractivity contribution >= 4 is 0 Å². The van der Waals surface area contributed by atoms with E-state index in [4.69, 9.17) is 14.6 Å². The average Bonchev–Trinajstić information content (AvgIpc) is 2.62. The molecular formula is C16H16O3. The number of ether oxygens (including phenoxy) is 2. The molecule has 0 aliphatic carbocycles. The zero-order chi connectivity index (χ0) is 13.1. The molecule has 0 aromatic heterocycles. The second-order valence-corrected chi connectivity index (χ2v) is 4.50. The summed E-state index contributed by atoms with van der Waals surface area (Å²) in [5.41, 5.74) is 3.25. The number of rotatable bonds is 3. The minimum absolute atomic E-state index is 0.0156. The van der Waals surface area contributed by atoms with Gasteiger partial charge in [0.15, 0.2) is 0 Å². The van der Waals surface area contributed by atoms with Crippen LogP contribution in [0.3, 0.4) is 0 Å². The zero-order valence-electron chi connectivity index (χ0n) is 10.6. The minimum atomic E-state index is -0.179. The molecule has 1 heterocycles. The van der Waals surface area contributed by atoms with Crippen LogP contribution >= 0.6 is 0 Å². The highest BCUT2D eigenvalue weighted by Crippen LogP contribution is 2.37. The predicted molar refractivity (Wildman–Crippen MR) is 72.1 cm³/mol. The van der Waals surface area contributed by atoms with E-state index in [-0.39, 0.29) is 12.7 Å². The largest absolute Gasteiger partial charge is 0.488 e. The van der Waals surface area contributed by atoms with Gasteiger partial charge in [0.05, 0.1) is 13.2 Å². The van der Waals surface area contributed by atoms with Gasteiger partial charge < -0.3 is 14.6 Å². The van der Waals surface area contributed by atoms with Crippen molar-refractivity contribution < 1.29 is 14.6 Å². The van der Waals surface area contributed by atoms with E-state index >= 15 is 0 Å². The summed E-state index contributed by atoms with van der Waals surface area (Å²) in [5.74, 6) is 0.849. The molecule has 0 saturated heterocycles. The Balaban J connectivity index is 2.08. The van der Waals surface area contributed by atoms with Crippen LogP contribution in [0.15, 0.2) is 48.5 Å². The summed E-state index contributed by atoms with van der Waals surface area (Å²) >= 11 is 0. The van der Waals surface area contributed by atoms with Gasteiger partial charge in [-0.25, -0.2) is 0 Å². The standard InChI is InChI=1S/C16H16O3/c17-9-10-18-16-13-6-2-1-5-12(13)11-19-15-8-4-3-7-14(15)16/h1-8,16-17H,9-11H2. The predicted octanol–water partition coefficient (Wildman–Crippen LogP) is 2.68. The zero-order valence-corrected chi connectivity index (χ0v) is 10.6. The lowest BCUT2D eigenvalue weighted by atomic mass is 9.97. The summed E-state index contributed by atoms with van der Waals surface area (Å²) in [6.07, 6.45) is -0.179. The Labute approximate surface area is 112 Å². The van der Waals surface area contributed by atoms with E-state index in [1.807, 2.05) is 36.4 Å². The lowest BCUT2D eigenvalue weighted by Gasteiger charge is -2.19. The maximum Gasteiger partial charge on any atom is 0.125 e. The van der Waals surface area contributed by atoms with E-state index in [1.165, 1.54) is 0 Å². The van der Waals surface area contributed by atoms with Crippen molar-refractivity contribution in [2.75, 3.05) is 13.2 Å². The molecule has 2 aromatic rings. The van der Waals surface area contributed by atoms with E-state index in [0.29, 0.717) is 13.2 Å². The van der Waals surface area contributed by atoms with Crippen molar-refractivity contribution in [3.63, 3.8) is 0 Å². The Morgan fingerprint density at radius 2 is 1.79 bits per heavy atom. The molecule has 1 aliphatic rings. The Morgan fingerprint density at radius 3 is 2.63 bits per heavy atom. The van der Waals surface area contributed by atoms with Crippen molar-refractivity contribution in [2.45, 2.75) is 12.7 Å². The Bertz CT molecular complexity index is 518. The van der Waals surface area contributed by atoms with Gasteiger partial charge in [0, 0.05) is 5.56 Å². The molecule has 0 saturated carbocycles. The molecule has 3 heteroatoms. The molecule has 0 spiro atoms. The molecule has 0 fully saturated rings. The average molecular weight is 256 g/mol. The molecule has 98 valence electrons. The molecule has 3 rings (SSSR count). The van der Waals surface area contributed by atoms with Gasteiger partial charge in [0.2, 0.25) is 0 Å². The third kappa shape index (κ3) is 2.35. The molecule has 19 heavy (non-hydrogen) atoms. The van der Waals surface area contributed by atoms with E-state index in [2.05, 4.69) is 12.1 Å². The van der Waals surface area contributed by atoms with Gasteiger partial charge in [-0.2, -0.15) is 0 Å². The van der Waals surface area contributed by atoms with E-state index in [9.17, 15) is 0 Å². The number of para-hydroxylation sites is 1. The fourth-order valence-corrected chi connectivity index (χ4v) is 2.42. The van der Waals surface area contributed by atoms with Crippen molar-refractivity contribution in [1.82, 2.24) is 0 Å². The van der Waals surface area contributed by atoms with Crippen LogP contribution in [0.2, 0.25) is 0 Å². The van der Waals surface area contributed by atoms with Crippen LogP contribution in [0, 0.1) is 0 Å². The van der Waals surface area contributed by atoms with Crippen molar-refractivity contribution in [2.24, 2.45) is 0 Å². The topological polar surface area (TPSA) is 38.7 Å². The van der Waals surface area contributed by atoms with Crippen LogP contribution in [0.5, 0.6) is 5.75 Å². The molecule has 2 aromatic carbocycles. The van der Waals surface area contributed by atoms with Crippen LogP contribution < -0.4 is 4.74 Å². The lowest BCUT2D eigenvalue weighted by Crippen LogP contribution is -2.10. The third-order valence-electron chi connectivity index (χ3n) is 3.30. The van der Waals surface area contributed by atoms with E-state index in [0.717, 1.165) is 22.4 Å². The summed E-state index contributed by atoms with van der Waals surface area (Å²) in [7, 11) is 0. The molecule has 3 nitrogen and oxygen atoms in total. The molecule has 1 N–H and O–H groups in total. The summed E-state index contributed by atoms with van der Waals surface area (Å²) in [4.78, 5) is 0. The molecule has 0 amide bonds. The van der Waals surface area contributed by atoms with Crippen LogP contribution in [0.25, 0.3) is 0 Å². The second kappa shape index (κ2) is 5.43. The molecule has 1 unspecified atom stereocenters. The van der Waals surface area contributed by atoms with Crippen LogP contribution in [0.1, 0.15) is 22.8 Å². The number of aliphatic hydroxyl groups excluding tert-OH is 1. The molecule has 0 radical (unpaired) electrons. The first kappa shape index (κ1) is 12.2. The first-order chi connectivity index (χ1) is 9.40. The number of hydrogen-bond donors (Lipinski definition) is 1. The van der Waals surface area contributed by atoms with Gasteiger partial charge in [-0.15, -0.1) is 0 Å². The Kier molecular flexibility index (Phi) is 3.49. The smallest absolute Gasteiger partial charge is 0.125 e. The molecule has 1 aliphatic heterocycles. The number of fused-ring (bicyclic) bond motifs is 2. The van der Waals surface area contributed by atoms with Gasteiger partial charge in [0.25, 0.3) is 0 Å². The van der Waals surface area contributed by atoms with Gasteiger partial charge in [-0.05, 0) is 17.2 Å². The minimum Gasteiger partial charge on any atom is -0.488 e. The van der Waals surface area contributed by atoms with E-state index in [1.54, 1.807) is 0 Å². The first-order valence-corrected chi connectivity index (χ1v) is 6.42. The Hall–Kier alpha value is -1.84. The SMILES string of the molecule is OCCOC1c2ccccc2COc2ccccc21. The fraction of sp³-hybridized carbons (Fsp3) is 0.250. The van der Waals surface area contributed by atoms with Gasteiger partial charge in [0.1, 0.15) is 18.5 Å². The number of hydrogen-bond acceptors (Lipinski definition) is 3. The summed E-state index contributed by atoms with van der Waals surface area (Å²) in [5, 5.41) is 9.01. The highest BCUT2D eigenvalue weighted by Gasteiger charge is 2.24. The van der Waals surface area contributed by atoms with Crippen molar-refractivity contribution in [1.29, 1.82) is 0 Å². The van der Waals surface area contributed by atoms with Gasteiger partial charge in [-0.1, -0.05) is 42.5 Å². The summed E-state index contributed by atoms with van der Waals surface area (Å²) in [6.45, 7) is 0.876. The van der Waals surface area contributed by atoms with Gasteiger partial charge >= 0.3 is 0 Å². The highest BCUT2D eigenvalue weighted by atomic mass is 16.5. The van der Waals surface area contributed by atoms with E-state index < -0.39 is 0 Å². The van der Waals surface area contributed by atoms with Crippen LogP contribution in [0.4, 0.5) is 0 Å². The molecule has 0 bridgehead atoms. The maximum atomic E-state index is 9.01. The molecular weight excluding hydrogens is 240 g/mol. The number of aliphatic hydroxyl groups is 1. The number of benzene rings is 2. The van der Waals surface area contributed by atoms with Crippen molar-refractivity contribution in [3.05, 3.63) is 65.2 Å². The van der Waals surface area contributed by atoms with Crippen LogP contribution in [-0.2, 0) is 11.3 Å². The summed E-state index contributed by atoms with van der Waals surface area (Å²) in [6, 6.07) is 16.0. The molecule has 1 atom stereocenters. The third-order valence-corrected chi connectivity index (χ3v) is 3.30. The maximum absolute atomic E-state index is 9.01. The van der Waals surface area contributed by atoms with Crippen LogP contribution in [-0.4, -0.2) is 18.3 Å². The highest BCUT2D eigenvalue weighted by molar-refractivity contribution is 5.45. The first-order valence-electron chi connectivity index (χ1n) is 6.42. The quantitative estimate of drug-likeness (QED) is 0.917. The fourth-order valence-electron chi connectivity index (χ4n) is 2.42.